The first-order valence-corrected chi connectivity index (χ1v) is 6.99. The van der Waals surface area contributed by atoms with Crippen molar-refractivity contribution in [2.24, 2.45) is 0 Å². The van der Waals surface area contributed by atoms with E-state index in [4.69, 9.17) is 0 Å². The summed E-state index contributed by atoms with van der Waals surface area (Å²) in [6.07, 6.45) is 4.78. The van der Waals surface area contributed by atoms with Crippen molar-refractivity contribution >= 4 is 12.2 Å². The van der Waals surface area contributed by atoms with E-state index < -0.39 is 0 Å². The van der Waals surface area contributed by atoms with Gasteiger partial charge >= 0.3 is 0 Å². The Morgan fingerprint density at radius 3 is 1.70 bits per heavy atom. The zero-order valence-corrected chi connectivity index (χ0v) is 12.4. The van der Waals surface area contributed by atoms with Crippen molar-refractivity contribution in [1.82, 2.24) is 0 Å². The Hall–Kier alpha value is -2.08. The van der Waals surface area contributed by atoms with Crippen molar-refractivity contribution < 1.29 is 0 Å². The van der Waals surface area contributed by atoms with Gasteiger partial charge in [0.2, 0.25) is 0 Å². The predicted molar refractivity (Wildman–Crippen MR) is 89.8 cm³/mol. The maximum atomic E-state index is 3.80. The quantitative estimate of drug-likeness (QED) is 0.668. The topological polar surface area (TPSA) is 0 Å². The summed E-state index contributed by atoms with van der Waals surface area (Å²) < 4.78 is 0. The largest absolute Gasteiger partial charge is 0.0985 e. The lowest BCUT2D eigenvalue weighted by Gasteiger charge is -2.25. The summed E-state index contributed by atoms with van der Waals surface area (Å²) in [5.41, 5.74) is 5.17. The smallest absolute Gasteiger partial charge is 0.00632 e. The average molecular weight is 262 g/mol. The van der Waals surface area contributed by atoms with Crippen LogP contribution in [0.1, 0.15) is 36.1 Å². The molecule has 102 valence electrons. The van der Waals surface area contributed by atoms with Crippen LogP contribution in [-0.4, -0.2) is 0 Å². The summed E-state index contributed by atoms with van der Waals surface area (Å²) in [5, 5.41) is 0. The first kappa shape index (κ1) is 14.3. The predicted octanol–water partition coefficient (Wildman–Crippen LogP) is 5.49. The van der Waals surface area contributed by atoms with Gasteiger partial charge in [0.05, 0.1) is 0 Å². The highest BCUT2D eigenvalue weighted by Gasteiger charge is 2.20. The van der Waals surface area contributed by atoms with Gasteiger partial charge in [-0.1, -0.05) is 87.7 Å². The van der Waals surface area contributed by atoms with Gasteiger partial charge in [0.15, 0.2) is 0 Å². The van der Waals surface area contributed by atoms with Crippen LogP contribution in [-0.2, 0) is 11.8 Å². The Labute approximate surface area is 122 Å². The van der Waals surface area contributed by atoms with E-state index in [1.807, 2.05) is 12.2 Å². The Morgan fingerprint density at radius 1 is 0.800 bits per heavy atom. The second kappa shape index (κ2) is 5.92. The SMILES string of the molecule is C=Cc1ccc(CC(C)(C)c2ccc(C=C)cc2)cc1. The first-order chi connectivity index (χ1) is 9.55. The Morgan fingerprint density at radius 2 is 1.25 bits per heavy atom. The van der Waals surface area contributed by atoms with Crippen molar-refractivity contribution in [2.45, 2.75) is 25.7 Å². The number of benzene rings is 2. The Bertz CT molecular complexity index is 583. The fourth-order valence-corrected chi connectivity index (χ4v) is 2.45. The Balaban J connectivity index is 2.19. The van der Waals surface area contributed by atoms with Crippen LogP contribution in [0.5, 0.6) is 0 Å². The molecule has 0 N–H and O–H groups in total. The van der Waals surface area contributed by atoms with Gasteiger partial charge in [0.25, 0.3) is 0 Å². The van der Waals surface area contributed by atoms with Crippen LogP contribution in [0.15, 0.2) is 61.7 Å². The van der Waals surface area contributed by atoms with Crippen molar-refractivity contribution in [3.05, 3.63) is 83.9 Å². The molecule has 20 heavy (non-hydrogen) atoms. The summed E-state index contributed by atoms with van der Waals surface area (Å²) in [7, 11) is 0. The molecular formula is C20H22. The molecule has 0 unspecified atom stereocenters. The van der Waals surface area contributed by atoms with E-state index in [1.165, 1.54) is 22.3 Å². The van der Waals surface area contributed by atoms with Gasteiger partial charge in [-0.3, -0.25) is 0 Å². The summed E-state index contributed by atoms with van der Waals surface area (Å²) >= 11 is 0. The molecule has 0 saturated carbocycles. The van der Waals surface area contributed by atoms with Crippen LogP contribution >= 0.6 is 0 Å². The monoisotopic (exact) mass is 262 g/mol. The van der Waals surface area contributed by atoms with Crippen LogP contribution in [0, 0.1) is 0 Å². The summed E-state index contributed by atoms with van der Waals surface area (Å²) in [6.45, 7) is 12.2. The number of hydrogen-bond donors (Lipinski definition) is 0. The first-order valence-electron chi connectivity index (χ1n) is 6.99. The second-order valence-corrected chi connectivity index (χ2v) is 5.83. The fourth-order valence-electron chi connectivity index (χ4n) is 2.45. The van der Waals surface area contributed by atoms with Crippen LogP contribution in [0.2, 0.25) is 0 Å². The molecule has 0 radical (unpaired) electrons. The molecule has 2 rings (SSSR count). The number of hydrogen-bond acceptors (Lipinski definition) is 0. The average Bonchev–Trinajstić information content (AvgIpc) is 2.48. The zero-order valence-electron chi connectivity index (χ0n) is 12.4. The van der Waals surface area contributed by atoms with Gasteiger partial charge in [-0.05, 0) is 34.1 Å². The van der Waals surface area contributed by atoms with Gasteiger partial charge in [-0.15, -0.1) is 0 Å². The molecular weight excluding hydrogens is 240 g/mol. The maximum Gasteiger partial charge on any atom is -0.00632 e. The lowest BCUT2D eigenvalue weighted by Crippen LogP contribution is -2.20. The van der Waals surface area contributed by atoms with E-state index in [0.717, 1.165) is 6.42 Å². The lowest BCUT2D eigenvalue weighted by atomic mass is 9.79. The minimum atomic E-state index is 0.120. The molecule has 0 aromatic heterocycles. The molecule has 0 fully saturated rings. The molecule has 2 aromatic rings. The molecule has 0 nitrogen and oxygen atoms in total. The van der Waals surface area contributed by atoms with E-state index in [1.54, 1.807) is 0 Å². The second-order valence-electron chi connectivity index (χ2n) is 5.83. The van der Waals surface area contributed by atoms with E-state index in [-0.39, 0.29) is 5.41 Å². The number of rotatable bonds is 5. The third kappa shape index (κ3) is 3.27. The molecule has 0 heteroatoms. The molecule has 0 aliphatic heterocycles. The highest BCUT2D eigenvalue weighted by atomic mass is 14.2. The van der Waals surface area contributed by atoms with Crippen molar-refractivity contribution in [1.29, 1.82) is 0 Å². The molecule has 0 spiro atoms. The van der Waals surface area contributed by atoms with Crippen LogP contribution in [0.3, 0.4) is 0 Å². The van der Waals surface area contributed by atoms with Crippen LogP contribution in [0.25, 0.3) is 12.2 Å². The minimum Gasteiger partial charge on any atom is -0.0985 e. The summed E-state index contributed by atoms with van der Waals surface area (Å²) in [6, 6.07) is 17.3. The molecule has 0 bridgehead atoms. The van der Waals surface area contributed by atoms with E-state index in [0.29, 0.717) is 0 Å². The van der Waals surface area contributed by atoms with Gasteiger partial charge in [0, 0.05) is 0 Å². The standard InChI is InChI=1S/C20H22/c1-5-16-7-9-18(10-8-16)15-20(3,4)19-13-11-17(6-2)12-14-19/h5-14H,1-2,15H2,3-4H3. The fraction of sp³-hybridized carbons (Fsp3) is 0.200. The molecule has 0 aliphatic rings. The molecule has 0 amide bonds. The molecule has 0 heterocycles. The lowest BCUT2D eigenvalue weighted by molar-refractivity contribution is 0.522. The minimum absolute atomic E-state index is 0.120. The van der Waals surface area contributed by atoms with E-state index in [9.17, 15) is 0 Å². The van der Waals surface area contributed by atoms with Crippen LogP contribution < -0.4 is 0 Å². The van der Waals surface area contributed by atoms with Gasteiger partial charge in [-0.25, -0.2) is 0 Å². The van der Waals surface area contributed by atoms with Gasteiger partial charge in [-0.2, -0.15) is 0 Å². The maximum absolute atomic E-state index is 3.80. The zero-order chi connectivity index (χ0) is 14.6. The molecule has 0 aliphatic carbocycles. The van der Waals surface area contributed by atoms with Crippen molar-refractivity contribution in [3.63, 3.8) is 0 Å². The van der Waals surface area contributed by atoms with Crippen molar-refractivity contribution in [3.8, 4) is 0 Å². The van der Waals surface area contributed by atoms with E-state index >= 15 is 0 Å². The summed E-state index contributed by atoms with van der Waals surface area (Å²) in [5.74, 6) is 0. The summed E-state index contributed by atoms with van der Waals surface area (Å²) in [4.78, 5) is 0. The highest BCUT2D eigenvalue weighted by Crippen LogP contribution is 2.28. The van der Waals surface area contributed by atoms with E-state index in [2.05, 4.69) is 75.5 Å². The molecule has 2 aromatic carbocycles. The molecule has 0 atom stereocenters. The highest BCUT2D eigenvalue weighted by molar-refractivity contribution is 5.49. The van der Waals surface area contributed by atoms with Crippen molar-refractivity contribution in [2.75, 3.05) is 0 Å². The molecule has 0 saturated heterocycles. The third-order valence-corrected chi connectivity index (χ3v) is 3.79. The van der Waals surface area contributed by atoms with Gasteiger partial charge in [0.1, 0.15) is 0 Å². The third-order valence-electron chi connectivity index (χ3n) is 3.79. The van der Waals surface area contributed by atoms with Crippen LogP contribution in [0.4, 0.5) is 0 Å². The Kier molecular flexibility index (Phi) is 4.24. The van der Waals surface area contributed by atoms with Gasteiger partial charge < -0.3 is 0 Å². The normalized spacial score (nSPS) is 11.1.